The fourth-order valence-corrected chi connectivity index (χ4v) is 2.54. The average Bonchev–Trinajstić information content (AvgIpc) is 2.32. The fraction of sp³-hybridized carbons (Fsp3) is 0.417. The van der Waals surface area contributed by atoms with Crippen LogP contribution in [0, 0.1) is 0 Å². The predicted molar refractivity (Wildman–Crippen MR) is 71.9 cm³/mol. The van der Waals surface area contributed by atoms with Gasteiger partial charge in [0.25, 0.3) is 0 Å². The average molecular weight is 298 g/mol. The first-order valence-electron chi connectivity index (χ1n) is 5.66. The van der Waals surface area contributed by atoms with E-state index in [9.17, 15) is 4.79 Å². The van der Waals surface area contributed by atoms with Gasteiger partial charge in [-0.25, -0.2) is 0 Å². The number of hydrogen-bond donors (Lipinski definition) is 2. The predicted octanol–water partition coefficient (Wildman–Crippen LogP) is 1.23. The lowest BCUT2D eigenvalue weighted by Crippen LogP contribution is -2.54. The maximum Gasteiger partial charge on any atom is 0.242 e. The van der Waals surface area contributed by atoms with E-state index in [0.717, 1.165) is 22.3 Å². The topological polar surface area (TPSA) is 58.4 Å². The van der Waals surface area contributed by atoms with Crippen molar-refractivity contribution in [3.05, 3.63) is 28.2 Å². The third kappa shape index (κ3) is 2.45. The first kappa shape index (κ1) is 12.4. The normalized spacial score (nSPS) is 20.3. The van der Waals surface area contributed by atoms with Crippen molar-refractivity contribution in [1.29, 1.82) is 0 Å². The third-order valence-corrected chi connectivity index (χ3v) is 3.83. The SMILES string of the molecule is CC1C(=O)NCCN1c1ccc(CN)c(Br)c1. The molecule has 1 amide bonds. The first-order chi connectivity index (χ1) is 8.13. The maximum absolute atomic E-state index is 11.6. The van der Waals surface area contributed by atoms with Crippen molar-refractivity contribution in [2.75, 3.05) is 18.0 Å². The van der Waals surface area contributed by atoms with Gasteiger partial charge in [-0.15, -0.1) is 0 Å². The summed E-state index contributed by atoms with van der Waals surface area (Å²) < 4.78 is 0.996. The van der Waals surface area contributed by atoms with E-state index in [2.05, 4.69) is 26.1 Å². The second kappa shape index (κ2) is 5.06. The molecule has 0 aromatic heterocycles. The first-order valence-corrected chi connectivity index (χ1v) is 6.45. The van der Waals surface area contributed by atoms with Gasteiger partial charge in [0, 0.05) is 29.8 Å². The Bertz CT molecular complexity index is 436. The molecule has 17 heavy (non-hydrogen) atoms. The van der Waals surface area contributed by atoms with Crippen LogP contribution in [0.3, 0.4) is 0 Å². The molecule has 4 nitrogen and oxygen atoms in total. The fourth-order valence-electron chi connectivity index (χ4n) is 2.02. The molecule has 1 saturated heterocycles. The lowest BCUT2D eigenvalue weighted by atomic mass is 10.1. The number of nitrogens with two attached hydrogens (primary N) is 1. The molecule has 5 heteroatoms. The van der Waals surface area contributed by atoms with Crippen molar-refractivity contribution in [3.63, 3.8) is 0 Å². The van der Waals surface area contributed by atoms with Gasteiger partial charge in [-0.2, -0.15) is 0 Å². The van der Waals surface area contributed by atoms with Crippen molar-refractivity contribution in [1.82, 2.24) is 5.32 Å². The van der Waals surface area contributed by atoms with Gasteiger partial charge < -0.3 is 16.0 Å². The summed E-state index contributed by atoms with van der Waals surface area (Å²) in [6.07, 6.45) is 0. The zero-order chi connectivity index (χ0) is 12.4. The molecular formula is C12H16BrN3O. The van der Waals surface area contributed by atoms with Gasteiger partial charge in [-0.3, -0.25) is 4.79 Å². The summed E-state index contributed by atoms with van der Waals surface area (Å²) in [7, 11) is 0. The second-order valence-electron chi connectivity index (χ2n) is 4.14. The van der Waals surface area contributed by atoms with Crippen LogP contribution in [0.2, 0.25) is 0 Å². The molecule has 1 fully saturated rings. The molecule has 1 heterocycles. The summed E-state index contributed by atoms with van der Waals surface area (Å²) >= 11 is 3.50. The van der Waals surface area contributed by atoms with Crippen LogP contribution in [0.4, 0.5) is 5.69 Å². The molecule has 92 valence electrons. The maximum atomic E-state index is 11.6. The van der Waals surface area contributed by atoms with Gasteiger partial charge in [0.2, 0.25) is 5.91 Å². The van der Waals surface area contributed by atoms with Crippen LogP contribution in [0.5, 0.6) is 0 Å². The third-order valence-electron chi connectivity index (χ3n) is 3.09. The number of hydrogen-bond acceptors (Lipinski definition) is 3. The van der Waals surface area contributed by atoms with Crippen LogP contribution >= 0.6 is 15.9 Å². The van der Waals surface area contributed by atoms with E-state index in [1.807, 2.05) is 25.1 Å². The van der Waals surface area contributed by atoms with Crippen molar-refractivity contribution < 1.29 is 4.79 Å². The van der Waals surface area contributed by atoms with Gasteiger partial charge >= 0.3 is 0 Å². The van der Waals surface area contributed by atoms with Crippen molar-refractivity contribution in [3.8, 4) is 0 Å². The molecule has 0 bridgehead atoms. The minimum Gasteiger partial charge on any atom is -0.358 e. The molecule has 0 radical (unpaired) electrons. The summed E-state index contributed by atoms with van der Waals surface area (Å²) in [6, 6.07) is 5.91. The van der Waals surface area contributed by atoms with Crippen LogP contribution in [-0.4, -0.2) is 25.0 Å². The summed E-state index contributed by atoms with van der Waals surface area (Å²) in [5.41, 5.74) is 7.75. The number of carbonyl (C=O) groups excluding carboxylic acids is 1. The number of halogens is 1. The highest BCUT2D eigenvalue weighted by molar-refractivity contribution is 9.10. The molecule has 2 rings (SSSR count). The Kier molecular flexibility index (Phi) is 3.69. The second-order valence-corrected chi connectivity index (χ2v) is 4.99. The van der Waals surface area contributed by atoms with Crippen LogP contribution in [0.1, 0.15) is 12.5 Å². The Hall–Kier alpha value is -1.07. The summed E-state index contributed by atoms with van der Waals surface area (Å²) in [5, 5.41) is 2.86. The molecule has 1 aliphatic heterocycles. The summed E-state index contributed by atoms with van der Waals surface area (Å²) in [4.78, 5) is 13.7. The van der Waals surface area contributed by atoms with E-state index >= 15 is 0 Å². The molecule has 1 atom stereocenters. The lowest BCUT2D eigenvalue weighted by molar-refractivity contribution is -0.122. The monoisotopic (exact) mass is 297 g/mol. The van der Waals surface area contributed by atoms with Gasteiger partial charge in [-0.05, 0) is 24.6 Å². The van der Waals surface area contributed by atoms with Gasteiger partial charge in [0.1, 0.15) is 6.04 Å². The minimum absolute atomic E-state index is 0.0790. The van der Waals surface area contributed by atoms with Crippen LogP contribution in [-0.2, 0) is 11.3 Å². The largest absolute Gasteiger partial charge is 0.358 e. The zero-order valence-electron chi connectivity index (χ0n) is 9.74. The van der Waals surface area contributed by atoms with E-state index in [4.69, 9.17) is 5.73 Å². The van der Waals surface area contributed by atoms with E-state index in [1.165, 1.54) is 0 Å². The van der Waals surface area contributed by atoms with Crippen LogP contribution in [0.15, 0.2) is 22.7 Å². The van der Waals surface area contributed by atoms with E-state index in [1.54, 1.807) is 0 Å². The minimum atomic E-state index is -0.126. The van der Waals surface area contributed by atoms with E-state index in [-0.39, 0.29) is 11.9 Å². The molecule has 0 aliphatic carbocycles. The molecule has 1 aromatic carbocycles. The number of benzene rings is 1. The molecule has 0 spiro atoms. The highest BCUT2D eigenvalue weighted by Gasteiger charge is 2.25. The quantitative estimate of drug-likeness (QED) is 0.863. The molecule has 1 unspecified atom stereocenters. The van der Waals surface area contributed by atoms with E-state index < -0.39 is 0 Å². The Morgan fingerprint density at radius 3 is 3.00 bits per heavy atom. The Balaban J connectivity index is 2.27. The smallest absolute Gasteiger partial charge is 0.242 e. The van der Waals surface area contributed by atoms with Crippen LogP contribution in [0.25, 0.3) is 0 Å². The van der Waals surface area contributed by atoms with Crippen molar-refractivity contribution in [2.24, 2.45) is 5.73 Å². The standard InChI is InChI=1S/C12H16BrN3O/c1-8-12(17)15-4-5-16(8)10-3-2-9(7-14)11(13)6-10/h2-3,6,8H,4-5,7,14H2,1H3,(H,15,17). The van der Waals surface area contributed by atoms with Gasteiger partial charge in [0.15, 0.2) is 0 Å². The number of nitrogens with zero attached hydrogens (tertiary/aromatic N) is 1. The Morgan fingerprint density at radius 1 is 1.59 bits per heavy atom. The number of rotatable bonds is 2. The Morgan fingerprint density at radius 2 is 2.35 bits per heavy atom. The number of nitrogens with one attached hydrogen (secondary N) is 1. The number of anilines is 1. The van der Waals surface area contributed by atoms with Crippen LogP contribution < -0.4 is 16.0 Å². The zero-order valence-corrected chi connectivity index (χ0v) is 11.3. The van der Waals surface area contributed by atoms with Crippen molar-refractivity contribution in [2.45, 2.75) is 19.5 Å². The lowest BCUT2D eigenvalue weighted by Gasteiger charge is -2.34. The summed E-state index contributed by atoms with van der Waals surface area (Å²) in [5.74, 6) is 0.0790. The number of amides is 1. The highest BCUT2D eigenvalue weighted by atomic mass is 79.9. The molecular weight excluding hydrogens is 282 g/mol. The molecule has 0 saturated carbocycles. The number of carbonyl (C=O) groups is 1. The van der Waals surface area contributed by atoms with Crippen molar-refractivity contribution >= 4 is 27.5 Å². The molecule has 1 aromatic rings. The Labute approximate surface area is 109 Å². The highest BCUT2D eigenvalue weighted by Crippen LogP contribution is 2.25. The molecule has 3 N–H and O–H groups in total. The molecule has 1 aliphatic rings. The summed E-state index contributed by atoms with van der Waals surface area (Å²) in [6.45, 7) is 3.96. The van der Waals surface area contributed by atoms with Gasteiger partial charge in [0.05, 0.1) is 0 Å². The number of piperazine rings is 1. The van der Waals surface area contributed by atoms with E-state index in [0.29, 0.717) is 13.1 Å². The van der Waals surface area contributed by atoms with Gasteiger partial charge in [-0.1, -0.05) is 22.0 Å².